The van der Waals surface area contributed by atoms with Crippen LogP contribution in [0.3, 0.4) is 0 Å². The monoisotopic (exact) mass is 154 g/mol. The Hall–Kier alpha value is -1.38. The Morgan fingerprint density at radius 1 is 1.73 bits per heavy atom. The highest BCUT2D eigenvalue weighted by atomic mass is 16.5. The molecular weight excluding hydrogens is 142 g/mol. The predicted octanol–water partition coefficient (Wildman–Crippen LogP) is 1.18. The van der Waals surface area contributed by atoms with E-state index in [9.17, 15) is 4.79 Å². The molecule has 0 atom stereocenters. The fraction of sp³-hybridized carbons (Fsp3) is 0.250. The quantitative estimate of drug-likeness (QED) is 0.570. The van der Waals surface area contributed by atoms with Crippen molar-refractivity contribution in [2.75, 3.05) is 7.11 Å². The lowest BCUT2D eigenvalue weighted by molar-refractivity contribution is 0.0594. The summed E-state index contributed by atoms with van der Waals surface area (Å²) in [7, 11) is 1.21. The number of rotatable bonds is 1. The second-order valence-corrected chi connectivity index (χ2v) is 1.90. The zero-order chi connectivity index (χ0) is 10.8. The lowest BCUT2D eigenvalue weighted by Gasteiger charge is -1.97. The third kappa shape index (κ3) is 1.77. The van der Waals surface area contributed by atoms with Crippen LogP contribution >= 0.6 is 0 Å². The molecule has 0 bridgehead atoms. The minimum Gasteiger partial charge on any atom is -0.464 e. The highest BCUT2D eigenvalue weighted by molar-refractivity contribution is 5.87. The zero-order valence-corrected chi connectivity index (χ0v) is 6.00. The number of pyridine rings is 1. The molecule has 3 nitrogen and oxygen atoms in total. The summed E-state index contributed by atoms with van der Waals surface area (Å²) in [6.07, 6.45) is 0. The van der Waals surface area contributed by atoms with Crippen LogP contribution < -0.4 is 0 Å². The van der Waals surface area contributed by atoms with Gasteiger partial charge in [0.25, 0.3) is 0 Å². The van der Waals surface area contributed by atoms with Crippen LogP contribution in [0.5, 0.6) is 0 Å². The molecule has 0 aliphatic carbocycles. The molecule has 58 valence electrons. The maximum absolute atomic E-state index is 11.0. The van der Waals surface area contributed by atoms with Crippen LogP contribution in [0.4, 0.5) is 0 Å². The SMILES string of the molecule is [2H]C([2H])([2H])c1cccc(C(=O)OC)n1. The van der Waals surface area contributed by atoms with Gasteiger partial charge in [0.1, 0.15) is 5.69 Å². The normalized spacial score (nSPS) is 14.5. The van der Waals surface area contributed by atoms with Gasteiger partial charge >= 0.3 is 5.97 Å². The summed E-state index contributed by atoms with van der Waals surface area (Å²) in [4.78, 5) is 14.7. The molecule has 0 amide bonds. The van der Waals surface area contributed by atoms with E-state index in [1.165, 1.54) is 25.3 Å². The van der Waals surface area contributed by atoms with Gasteiger partial charge in [0, 0.05) is 9.81 Å². The van der Waals surface area contributed by atoms with Gasteiger partial charge in [0.2, 0.25) is 0 Å². The van der Waals surface area contributed by atoms with Crippen LogP contribution in [0.2, 0.25) is 0 Å². The van der Waals surface area contributed by atoms with Crippen LogP contribution in [0.1, 0.15) is 20.3 Å². The van der Waals surface area contributed by atoms with Gasteiger partial charge in [-0.1, -0.05) is 6.07 Å². The molecule has 0 aliphatic rings. The minimum absolute atomic E-state index is 0.00104. The van der Waals surface area contributed by atoms with Gasteiger partial charge in [-0.05, 0) is 19.0 Å². The molecule has 11 heavy (non-hydrogen) atoms. The summed E-state index contributed by atoms with van der Waals surface area (Å²) in [5.74, 6) is -0.643. The minimum atomic E-state index is -2.30. The summed E-state index contributed by atoms with van der Waals surface area (Å²) < 4.78 is 25.7. The summed E-state index contributed by atoms with van der Waals surface area (Å²) in [6, 6.07) is 4.21. The van der Waals surface area contributed by atoms with E-state index >= 15 is 0 Å². The van der Waals surface area contributed by atoms with Gasteiger partial charge in [-0.3, -0.25) is 0 Å². The topological polar surface area (TPSA) is 39.2 Å². The molecule has 3 heteroatoms. The van der Waals surface area contributed by atoms with Crippen LogP contribution in [0.25, 0.3) is 0 Å². The predicted molar refractivity (Wildman–Crippen MR) is 40.3 cm³/mol. The van der Waals surface area contributed by atoms with Crippen LogP contribution in [0.15, 0.2) is 18.2 Å². The molecule has 0 N–H and O–H groups in total. The molecule has 0 unspecified atom stereocenters. The number of carbonyl (C=O) groups excluding carboxylic acids is 1. The van der Waals surface area contributed by atoms with Crippen molar-refractivity contribution in [3.63, 3.8) is 0 Å². The molecule has 1 aromatic heterocycles. The Labute approximate surface area is 69.2 Å². The zero-order valence-electron chi connectivity index (χ0n) is 9.00. The maximum Gasteiger partial charge on any atom is 0.356 e. The number of nitrogens with zero attached hydrogens (tertiary/aromatic N) is 1. The number of aryl methyl sites for hydroxylation is 1. The Morgan fingerprint density at radius 3 is 3.18 bits per heavy atom. The average molecular weight is 154 g/mol. The second-order valence-electron chi connectivity index (χ2n) is 1.90. The van der Waals surface area contributed by atoms with Crippen molar-refractivity contribution in [1.29, 1.82) is 0 Å². The molecular formula is C8H9NO2. The first-order valence-corrected chi connectivity index (χ1v) is 3.01. The first-order valence-electron chi connectivity index (χ1n) is 4.51. The molecule has 0 aromatic carbocycles. The average Bonchev–Trinajstić information content (AvgIpc) is 2.15. The molecule has 0 spiro atoms. The van der Waals surface area contributed by atoms with Crippen molar-refractivity contribution in [3.8, 4) is 0 Å². The van der Waals surface area contributed by atoms with Crippen LogP contribution in [0, 0.1) is 6.85 Å². The highest BCUT2D eigenvalue weighted by Gasteiger charge is 2.04. The van der Waals surface area contributed by atoms with Crippen molar-refractivity contribution in [2.45, 2.75) is 6.85 Å². The van der Waals surface area contributed by atoms with Crippen molar-refractivity contribution in [3.05, 3.63) is 29.6 Å². The highest BCUT2D eigenvalue weighted by Crippen LogP contribution is 1.98. The van der Waals surface area contributed by atoms with Gasteiger partial charge in [0.15, 0.2) is 0 Å². The number of carbonyl (C=O) groups is 1. The first kappa shape index (κ1) is 4.49. The summed E-state index contributed by atoms with van der Waals surface area (Å²) in [5.41, 5.74) is -0.110. The molecule has 0 fully saturated rings. The van der Waals surface area contributed by atoms with E-state index in [0.717, 1.165) is 0 Å². The lowest BCUT2D eigenvalue weighted by atomic mass is 10.3. The third-order valence-electron chi connectivity index (χ3n) is 1.14. The van der Waals surface area contributed by atoms with E-state index < -0.39 is 12.8 Å². The molecule has 0 saturated heterocycles. The first-order chi connectivity index (χ1) is 6.45. The fourth-order valence-corrected chi connectivity index (χ4v) is 0.653. The smallest absolute Gasteiger partial charge is 0.356 e. The molecule has 0 saturated carbocycles. The van der Waals surface area contributed by atoms with Gasteiger partial charge in [-0.25, -0.2) is 9.78 Å². The van der Waals surface area contributed by atoms with E-state index in [1.807, 2.05) is 0 Å². The Bertz CT molecular complexity index is 349. The number of hydrogen-bond acceptors (Lipinski definition) is 3. The number of ether oxygens (including phenoxy) is 1. The Kier molecular flexibility index (Phi) is 1.28. The van der Waals surface area contributed by atoms with Gasteiger partial charge in [-0.15, -0.1) is 0 Å². The van der Waals surface area contributed by atoms with Gasteiger partial charge in [0.05, 0.1) is 7.11 Å². The third-order valence-corrected chi connectivity index (χ3v) is 1.14. The standard InChI is InChI=1S/C8H9NO2/c1-6-4-3-5-7(9-6)8(10)11-2/h3-5H,1-2H3/i1D3. The van der Waals surface area contributed by atoms with Crippen molar-refractivity contribution >= 4 is 5.97 Å². The molecule has 1 aromatic rings. The van der Waals surface area contributed by atoms with Crippen molar-refractivity contribution in [2.24, 2.45) is 0 Å². The van der Waals surface area contributed by atoms with Gasteiger partial charge < -0.3 is 4.74 Å². The van der Waals surface area contributed by atoms with E-state index in [1.54, 1.807) is 0 Å². The number of hydrogen-bond donors (Lipinski definition) is 0. The van der Waals surface area contributed by atoms with Crippen LogP contribution in [-0.2, 0) is 4.74 Å². The van der Waals surface area contributed by atoms with E-state index in [4.69, 9.17) is 4.11 Å². The van der Waals surface area contributed by atoms with E-state index in [0.29, 0.717) is 0 Å². The van der Waals surface area contributed by atoms with Crippen molar-refractivity contribution < 1.29 is 13.6 Å². The number of methoxy groups -OCH3 is 1. The van der Waals surface area contributed by atoms with Crippen LogP contribution in [-0.4, -0.2) is 18.1 Å². The molecule has 0 aliphatic heterocycles. The maximum atomic E-state index is 11.0. The lowest BCUT2D eigenvalue weighted by Crippen LogP contribution is -2.04. The Morgan fingerprint density at radius 2 is 2.55 bits per heavy atom. The number of esters is 1. The summed E-state index contributed by atoms with van der Waals surface area (Å²) in [6.45, 7) is -2.30. The summed E-state index contributed by atoms with van der Waals surface area (Å²) >= 11 is 0. The fourth-order valence-electron chi connectivity index (χ4n) is 0.653. The molecule has 1 rings (SSSR count). The van der Waals surface area contributed by atoms with E-state index in [2.05, 4.69) is 9.72 Å². The Balaban J connectivity index is 3.08. The van der Waals surface area contributed by atoms with E-state index in [-0.39, 0.29) is 11.4 Å². The number of aromatic nitrogens is 1. The second kappa shape index (κ2) is 3.14. The molecule has 1 heterocycles. The molecule has 0 radical (unpaired) electrons. The van der Waals surface area contributed by atoms with Gasteiger partial charge in [-0.2, -0.15) is 0 Å². The summed E-state index contributed by atoms with van der Waals surface area (Å²) in [5, 5.41) is 0. The largest absolute Gasteiger partial charge is 0.464 e. The van der Waals surface area contributed by atoms with Crippen molar-refractivity contribution in [1.82, 2.24) is 4.98 Å².